The Labute approximate surface area is 152 Å². The summed E-state index contributed by atoms with van der Waals surface area (Å²) < 4.78 is 11.2. The van der Waals surface area contributed by atoms with Crippen molar-refractivity contribution in [3.05, 3.63) is 30.6 Å². The first-order valence-electron chi connectivity index (χ1n) is 9.16. The summed E-state index contributed by atoms with van der Waals surface area (Å²) in [4.78, 5) is 15.3. The van der Waals surface area contributed by atoms with Crippen molar-refractivity contribution in [2.75, 3.05) is 13.2 Å². The van der Waals surface area contributed by atoms with E-state index in [1.165, 1.54) is 0 Å². The number of ether oxygens (including phenoxy) is 2. The highest BCUT2D eigenvalue weighted by Crippen LogP contribution is 2.39. The molecule has 0 aliphatic heterocycles. The number of carboxylic acids is 1. The summed E-state index contributed by atoms with van der Waals surface area (Å²) in [6, 6.07) is 5.70. The first kappa shape index (κ1) is 18.4. The highest BCUT2D eigenvalue weighted by atomic mass is 16.5. The third-order valence-corrected chi connectivity index (χ3v) is 4.54. The van der Waals surface area contributed by atoms with Gasteiger partial charge in [0, 0.05) is 12.8 Å². The summed E-state index contributed by atoms with van der Waals surface area (Å²) in [6.07, 6.45) is 9.86. The zero-order chi connectivity index (χ0) is 18.2. The van der Waals surface area contributed by atoms with Crippen molar-refractivity contribution < 1.29 is 19.4 Å². The largest absolute Gasteiger partial charge is 0.492 e. The number of H-pyrrole nitrogens is 1. The van der Waals surface area contributed by atoms with E-state index in [0.29, 0.717) is 26.1 Å². The third kappa shape index (κ3) is 5.05. The first-order chi connectivity index (χ1) is 12.7. The number of hydrogen-bond donors (Lipinski definition) is 2. The van der Waals surface area contributed by atoms with Gasteiger partial charge in [0.15, 0.2) is 5.60 Å². The average molecular weight is 359 g/mol. The number of nitrogens with zero attached hydrogens (tertiary/aromatic N) is 2. The van der Waals surface area contributed by atoms with Crippen LogP contribution in [0.1, 0.15) is 44.9 Å². The Morgan fingerprint density at radius 3 is 2.50 bits per heavy atom. The van der Waals surface area contributed by atoms with E-state index in [2.05, 4.69) is 15.2 Å². The Hall–Kier alpha value is -2.41. The van der Waals surface area contributed by atoms with Crippen LogP contribution in [0.2, 0.25) is 0 Å². The quantitative estimate of drug-likeness (QED) is 0.564. The summed E-state index contributed by atoms with van der Waals surface area (Å²) in [5, 5.41) is 15.8. The van der Waals surface area contributed by atoms with Crippen molar-refractivity contribution in [2.45, 2.75) is 50.5 Å². The molecular formula is C19H25N3O4. The minimum atomic E-state index is -0.852. The standard InChI is InChI=1S/C19H25N3O4/c23-18(24)19(9-10-19)26-13-5-3-1-2-4-12-25-15-6-7-16(20-14-15)17-8-11-21-22-17/h6-8,11,14H,1-5,9-10,12-13H2,(H,21,22)(H,23,24). The van der Waals surface area contributed by atoms with E-state index in [-0.39, 0.29) is 0 Å². The smallest absolute Gasteiger partial charge is 0.335 e. The molecular weight excluding hydrogens is 334 g/mol. The van der Waals surface area contributed by atoms with Crippen LogP contribution in [0.25, 0.3) is 11.4 Å². The van der Waals surface area contributed by atoms with E-state index >= 15 is 0 Å². The molecule has 0 spiro atoms. The molecule has 7 heteroatoms. The molecule has 0 radical (unpaired) electrons. The van der Waals surface area contributed by atoms with Gasteiger partial charge in [0.1, 0.15) is 5.75 Å². The number of aromatic amines is 1. The van der Waals surface area contributed by atoms with Crippen molar-refractivity contribution in [3.63, 3.8) is 0 Å². The Morgan fingerprint density at radius 1 is 1.12 bits per heavy atom. The number of hydrogen-bond acceptors (Lipinski definition) is 5. The van der Waals surface area contributed by atoms with Gasteiger partial charge >= 0.3 is 5.97 Å². The number of nitrogens with one attached hydrogen (secondary N) is 1. The van der Waals surface area contributed by atoms with E-state index in [4.69, 9.17) is 14.6 Å². The predicted octanol–water partition coefficient (Wildman–Crippen LogP) is 3.43. The van der Waals surface area contributed by atoms with E-state index in [1.54, 1.807) is 12.4 Å². The van der Waals surface area contributed by atoms with Crippen LogP contribution in [0, 0.1) is 0 Å². The van der Waals surface area contributed by atoms with Crippen LogP contribution in [0.5, 0.6) is 5.75 Å². The lowest BCUT2D eigenvalue weighted by atomic mass is 10.1. The fourth-order valence-corrected chi connectivity index (χ4v) is 2.75. The third-order valence-electron chi connectivity index (χ3n) is 4.54. The molecule has 0 saturated heterocycles. The molecule has 2 aromatic heterocycles. The van der Waals surface area contributed by atoms with Gasteiger partial charge in [-0.25, -0.2) is 4.79 Å². The van der Waals surface area contributed by atoms with Crippen molar-refractivity contribution in [1.29, 1.82) is 0 Å². The van der Waals surface area contributed by atoms with Crippen LogP contribution < -0.4 is 4.74 Å². The normalized spacial score (nSPS) is 14.9. The molecule has 1 aliphatic rings. The van der Waals surface area contributed by atoms with Crippen LogP contribution >= 0.6 is 0 Å². The lowest BCUT2D eigenvalue weighted by Crippen LogP contribution is -2.26. The SMILES string of the molecule is O=C(O)C1(OCCCCCCCOc2ccc(-c3ccn[nH]3)nc2)CC1. The molecule has 2 aromatic rings. The zero-order valence-electron chi connectivity index (χ0n) is 14.8. The van der Waals surface area contributed by atoms with Gasteiger partial charge in [-0.05, 0) is 43.9 Å². The Morgan fingerprint density at radius 2 is 1.88 bits per heavy atom. The minimum absolute atomic E-state index is 0.539. The minimum Gasteiger partial charge on any atom is -0.492 e. The van der Waals surface area contributed by atoms with Crippen molar-refractivity contribution in [1.82, 2.24) is 15.2 Å². The molecule has 0 bridgehead atoms. The number of pyridine rings is 1. The molecule has 26 heavy (non-hydrogen) atoms. The average Bonchev–Trinajstić information content (AvgIpc) is 3.25. The van der Waals surface area contributed by atoms with Crippen LogP contribution in [-0.4, -0.2) is 45.1 Å². The second-order valence-electron chi connectivity index (χ2n) is 6.61. The first-order valence-corrected chi connectivity index (χ1v) is 9.16. The molecule has 0 atom stereocenters. The highest BCUT2D eigenvalue weighted by Gasteiger charge is 2.51. The van der Waals surface area contributed by atoms with Gasteiger partial charge in [-0.1, -0.05) is 19.3 Å². The van der Waals surface area contributed by atoms with Crippen molar-refractivity contribution in [2.24, 2.45) is 0 Å². The van der Waals surface area contributed by atoms with Crippen LogP contribution in [0.4, 0.5) is 0 Å². The van der Waals surface area contributed by atoms with Crippen LogP contribution in [-0.2, 0) is 9.53 Å². The molecule has 3 rings (SSSR count). The van der Waals surface area contributed by atoms with Crippen LogP contribution in [0.15, 0.2) is 30.6 Å². The van der Waals surface area contributed by atoms with Gasteiger partial charge < -0.3 is 14.6 Å². The number of rotatable bonds is 12. The Balaban J connectivity index is 1.21. The lowest BCUT2D eigenvalue weighted by molar-refractivity contribution is -0.153. The second-order valence-corrected chi connectivity index (χ2v) is 6.61. The maximum Gasteiger partial charge on any atom is 0.335 e. The molecule has 7 nitrogen and oxygen atoms in total. The Kier molecular flexibility index (Phi) is 6.22. The van der Waals surface area contributed by atoms with E-state index in [0.717, 1.165) is 49.2 Å². The van der Waals surface area contributed by atoms with Crippen LogP contribution in [0.3, 0.4) is 0 Å². The summed E-state index contributed by atoms with van der Waals surface area (Å²) >= 11 is 0. The molecule has 1 fully saturated rings. The van der Waals surface area contributed by atoms with Gasteiger partial charge in [-0.15, -0.1) is 0 Å². The van der Waals surface area contributed by atoms with Gasteiger partial charge in [-0.2, -0.15) is 5.10 Å². The number of carboxylic acid groups (broad SMARTS) is 1. The van der Waals surface area contributed by atoms with Gasteiger partial charge in [-0.3, -0.25) is 10.1 Å². The van der Waals surface area contributed by atoms with Crippen molar-refractivity contribution >= 4 is 5.97 Å². The van der Waals surface area contributed by atoms with Gasteiger partial charge in [0.25, 0.3) is 0 Å². The summed E-state index contributed by atoms with van der Waals surface area (Å²) in [6.45, 7) is 1.21. The van der Waals surface area contributed by atoms with Gasteiger partial charge in [0.2, 0.25) is 0 Å². The predicted molar refractivity (Wildman–Crippen MR) is 96.0 cm³/mol. The Bertz CT molecular complexity index is 681. The summed E-state index contributed by atoms with van der Waals surface area (Å²) in [5.74, 6) is -0.0493. The summed E-state index contributed by atoms with van der Waals surface area (Å²) in [5.41, 5.74) is 0.874. The monoisotopic (exact) mass is 359 g/mol. The molecule has 1 aliphatic carbocycles. The molecule has 1 saturated carbocycles. The van der Waals surface area contributed by atoms with Gasteiger partial charge in [0.05, 0.1) is 24.2 Å². The number of carbonyl (C=O) groups is 1. The maximum absolute atomic E-state index is 11.0. The molecule has 0 aromatic carbocycles. The van der Waals surface area contributed by atoms with E-state index in [1.807, 2.05) is 18.2 Å². The number of aromatic nitrogens is 3. The molecule has 0 amide bonds. The number of unbranched alkanes of at least 4 members (excludes halogenated alkanes) is 4. The van der Waals surface area contributed by atoms with Crippen molar-refractivity contribution in [3.8, 4) is 17.1 Å². The second kappa shape index (κ2) is 8.80. The maximum atomic E-state index is 11.0. The summed E-state index contributed by atoms with van der Waals surface area (Å²) in [7, 11) is 0. The topological polar surface area (TPSA) is 97.3 Å². The lowest BCUT2D eigenvalue weighted by Gasteiger charge is -2.11. The fraction of sp³-hybridized carbons (Fsp3) is 0.526. The fourth-order valence-electron chi connectivity index (χ4n) is 2.75. The molecule has 2 heterocycles. The van der Waals surface area contributed by atoms with E-state index in [9.17, 15) is 4.79 Å². The highest BCUT2D eigenvalue weighted by molar-refractivity contribution is 5.80. The molecule has 2 N–H and O–H groups in total. The zero-order valence-corrected chi connectivity index (χ0v) is 14.8. The molecule has 0 unspecified atom stereocenters. The van der Waals surface area contributed by atoms with E-state index < -0.39 is 11.6 Å². The number of aliphatic carboxylic acids is 1. The molecule has 140 valence electrons.